The second-order valence-electron chi connectivity index (χ2n) is 3.81. The molecule has 94 valence electrons. The lowest BCUT2D eigenvalue weighted by atomic mass is 10.4. The van der Waals surface area contributed by atoms with Crippen molar-refractivity contribution in [3.8, 4) is 0 Å². The van der Waals surface area contributed by atoms with E-state index in [1.165, 1.54) is 11.2 Å². The fourth-order valence-electron chi connectivity index (χ4n) is 1.59. The van der Waals surface area contributed by atoms with Gasteiger partial charge in [-0.15, -0.1) is 11.3 Å². The number of hydrogen-bond acceptors (Lipinski definition) is 5. The molecule has 0 spiro atoms. The third-order valence-corrected chi connectivity index (χ3v) is 4.87. The van der Waals surface area contributed by atoms with Crippen LogP contribution in [0.4, 0.5) is 5.13 Å². The zero-order valence-electron chi connectivity index (χ0n) is 9.34. The van der Waals surface area contributed by atoms with E-state index >= 15 is 0 Å². The number of hydrogen-bond donors (Lipinski definition) is 1. The largest absolute Gasteiger partial charge is 0.303 e. The van der Waals surface area contributed by atoms with Gasteiger partial charge in [-0.2, -0.15) is 12.7 Å². The van der Waals surface area contributed by atoms with Gasteiger partial charge in [0.15, 0.2) is 10.9 Å². The molecule has 0 aromatic carbocycles. The van der Waals surface area contributed by atoms with Crippen molar-refractivity contribution >= 4 is 32.5 Å². The van der Waals surface area contributed by atoms with E-state index < -0.39 is 10.2 Å². The van der Waals surface area contributed by atoms with Crippen LogP contribution in [0.5, 0.6) is 0 Å². The minimum absolute atomic E-state index is 0.173. The Balaban J connectivity index is 2.11. The number of aromatic nitrogens is 1. The fraction of sp³-hybridized carbons (Fsp3) is 0.556. The molecule has 1 saturated heterocycles. The summed E-state index contributed by atoms with van der Waals surface area (Å²) in [5, 5.41) is 1.78. The maximum atomic E-state index is 11.9. The first-order valence-corrected chi connectivity index (χ1v) is 7.55. The summed E-state index contributed by atoms with van der Waals surface area (Å²) in [5.74, 6) is -0.173. The van der Waals surface area contributed by atoms with Gasteiger partial charge in [0, 0.05) is 25.4 Å². The van der Waals surface area contributed by atoms with Gasteiger partial charge in [-0.05, 0) is 12.8 Å². The van der Waals surface area contributed by atoms with Gasteiger partial charge in [-0.3, -0.25) is 4.79 Å². The van der Waals surface area contributed by atoms with Crippen molar-refractivity contribution in [3.05, 3.63) is 11.1 Å². The molecule has 0 radical (unpaired) electrons. The Morgan fingerprint density at radius 1 is 1.47 bits per heavy atom. The van der Waals surface area contributed by atoms with E-state index in [-0.39, 0.29) is 16.6 Å². The fourth-order valence-corrected chi connectivity index (χ4v) is 3.82. The van der Waals surface area contributed by atoms with Crippen molar-refractivity contribution in [1.82, 2.24) is 9.29 Å². The summed E-state index contributed by atoms with van der Waals surface area (Å²) in [6.07, 6.45) is 1.77. The second-order valence-corrected chi connectivity index (χ2v) is 6.34. The summed E-state index contributed by atoms with van der Waals surface area (Å²) >= 11 is 1.11. The van der Waals surface area contributed by atoms with Crippen molar-refractivity contribution < 1.29 is 13.2 Å². The van der Waals surface area contributed by atoms with E-state index in [4.69, 9.17) is 0 Å². The molecule has 2 heterocycles. The van der Waals surface area contributed by atoms with Crippen LogP contribution >= 0.6 is 11.3 Å². The van der Waals surface area contributed by atoms with Crippen molar-refractivity contribution in [1.29, 1.82) is 0 Å². The first-order chi connectivity index (χ1) is 7.99. The highest BCUT2D eigenvalue weighted by molar-refractivity contribution is 7.90. The molecule has 0 bridgehead atoms. The Bertz CT molecular complexity index is 517. The number of nitrogens with one attached hydrogen (secondary N) is 1. The maximum absolute atomic E-state index is 11.9. The summed E-state index contributed by atoms with van der Waals surface area (Å²) in [6.45, 7) is 2.48. The molecule has 1 aliphatic rings. The number of carbonyl (C=O) groups is 1. The van der Waals surface area contributed by atoms with Crippen molar-refractivity contribution in [3.63, 3.8) is 0 Å². The average Bonchev–Trinajstić information content (AvgIpc) is 2.85. The number of anilines is 1. The molecule has 1 aromatic rings. The molecule has 0 atom stereocenters. The van der Waals surface area contributed by atoms with Crippen LogP contribution in [0, 0.1) is 0 Å². The zero-order valence-corrected chi connectivity index (χ0v) is 11.0. The highest BCUT2D eigenvalue weighted by Crippen LogP contribution is 2.20. The number of rotatable bonds is 4. The minimum atomic E-state index is -3.51. The summed E-state index contributed by atoms with van der Waals surface area (Å²) in [6, 6.07) is 0. The van der Waals surface area contributed by atoms with E-state index in [2.05, 4.69) is 9.71 Å². The number of Topliss-reactive ketones (excluding diaryl/α,β-unsaturated/α-hetero) is 1. The molecule has 2 rings (SSSR count). The highest BCUT2D eigenvalue weighted by Gasteiger charge is 2.26. The smallest absolute Gasteiger partial charge is 0.293 e. The molecule has 1 aromatic heterocycles. The van der Waals surface area contributed by atoms with Crippen LogP contribution in [-0.4, -0.2) is 36.6 Å². The van der Waals surface area contributed by atoms with Gasteiger partial charge in [0.2, 0.25) is 0 Å². The van der Waals surface area contributed by atoms with Crippen molar-refractivity contribution in [2.75, 3.05) is 17.8 Å². The van der Waals surface area contributed by atoms with Crippen LogP contribution in [0.3, 0.4) is 0 Å². The molecule has 1 N–H and O–H groups in total. The van der Waals surface area contributed by atoms with Crippen LogP contribution in [-0.2, 0) is 10.2 Å². The van der Waals surface area contributed by atoms with Gasteiger partial charge in [-0.1, -0.05) is 0 Å². The Morgan fingerprint density at radius 3 is 2.65 bits per heavy atom. The SMILES string of the molecule is CC(=O)c1csc(NS(=O)(=O)N2CCCC2)n1. The van der Waals surface area contributed by atoms with Crippen LogP contribution < -0.4 is 4.72 Å². The topological polar surface area (TPSA) is 79.4 Å². The van der Waals surface area contributed by atoms with Crippen molar-refractivity contribution in [2.45, 2.75) is 19.8 Å². The molecule has 6 nitrogen and oxygen atoms in total. The molecular formula is C9H13N3O3S2. The van der Waals surface area contributed by atoms with Gasteiger partial charge in [0.05, 0.1) is 0 Å². The summed E-state index contributed by atoms with van der Waals surface area (Å²) in [7, 11) is -3.51. The van der Waals surface area contributed by atoms with Crippen molar-refractivity contribution in [2.24, 2.45) is 0 Å². The van der Waals surface area contributed by atoms with E-state index in [0.717, 1.165) is 24.2 Å². The molecule has 8 heteroatoms. The first kappa shape index (κ1) is 12.5. The standard InChI is InChI=1S/C9H13N3O3S2/c1-7(13)8-6-16-9(10-8)11-17(14,15)12-4-2-3-5-12/h6H,2-5H2,1H3,(H,10,11). The minimum Gasteiger partial charge on any atom is -0.293 e. The number of thiazole rings is 1. The van der Waals surface area contributed by atoms with Crippen LogP contribution in [0.2, 0.25) is 0 Å². The monoisotopic (exact) mass is 275 g/mol. The number of carbonyl (C=O) groups excluding carboxylic acids is 1. The second kappa shape index (κ2) is 4.71. The number of nitrogens with zero attached hydrogens (tertiary/aromatic N) is 2. The molecule has 0 amide bonds. The van der Waals surface area contributed by atoms with Gasteiger partial charge in [0.1, 0.15) is 5.69 Å². The summed E-state index contributed by atoms with van der Waals surface area (Å²) < 4.78 is 27.5. The Labute approximate surface area is 104 Å². The normalized spacial score (nSPS) is 17.2. The molecule has 1 aliphatic heterocycles. The van der Waals surface area contributed by atoms with E-state index in [1.54, 1.807) is 5.38 Å². The Hall–Kier alpha value is -0.990. The number of ketones is 1. The van der Waals surface area contributed by atoms with Gasteiger partial charge in [0.25, 0.3) is 0 Å². The van der Waals surface area contributed by atoms with E-state index in [0.29, 0.717) is 13.1 Å². The Morgan fingerprint density at radius 2 is 2.12 bits per heavy atom. The lowest BCUT2D eigenvalue weighted by molar-refractivity contribution is 0.101. The van der Waals surface area contributed by atoms with Crippen LogP contribution in [0.15, 0.2) is 5.38 Å². The van der Waals surface area contributed by atoms with E-state index in [1.807, 2.05) is 0 Å². The predicted molar refractivity (Wildman–Crippen MR) is 65.5 cm³/mol. The van der Waals surface area contributed by atoms with Gasteiger partial charge in [-0.25, -0.2) is 9.71 Å². The van der Waals surface area contributed by atoms with Crippen LogP contribution in [0.25, 0.3) is 0 Å². The zero-order chi connectivity index (χ0) is 12.5. The molecule has 17 heavy (non-hydrogen) atoms. The highest BCUT2D eigenvalue weighted by atomic mass is 32.2. The molecule has 1 fully saturated rings. The summed E-state index contributed by atoms with van der Waals surface area (Å²) in [5.41, 5.74) is 0.286. The molecule has 0 saturated carbocycles. The lowest BCUT2D eigenvalue weighted by Gasteiger charge is -2.14. The maximum Gasteiger partial charge on any atom is 0.303 e. The Kier molecular flexibility index (Phi) is 3.45. The third-order valence-electron chi connectivity index (χ3n) is 2.49. The van der Waals surface area contributed by atoms with E-state index in [9.17, 15) is 13.2 Å². The summed E-state index contributed by atoms with van der Waals surface area (Å²) in [4.78, 5) is 15.0. The van der Waals surface area contributed by atoms with Gasteiger partial charge < -0.3 is 0 Å². The first-order valence-electron chi connectivity index (χ1n) is 5.23. The predicted octanol–water partition coefficient (Wildman–Crippen LogP) is 1.10. The molecule has 0 aliphatic carbocycles. The lowest BCUT2D eigenvalue weighted by Crippen LogP contribution is -2.33. The molecule has 0 unspecified atom stereocenters. The quantitative estimate of drug-likeness (QED) is 0.834. The molecular weight excluding hydrogens is 262 g/mol. The average molecular weight is 275 g/mol. The van der Waals surface area contributed by atoms with Gasteiger partial charge >= 0.3 is 10.2 Å². The third kappa shape index (κ3) is 2.82. The van der Waals surface area contributed by atoms with Crippen LogP contribution in [0.1, 0.15) is 30.3 Å².